The summed E-state index contributed by atoms with van der Waals surface area (Å²) >= 11 is 0. The molecule has 154 valence electrons. The van der Waals surface area contributed by atoms with Crippen LogP contribution < -0.4 is 4.74 Å². The van der Waals surface area contributed by atoms with Gasteiger partial charge >= 0.3 is 0 Å². The number of carbonyl (C=O) groups excluding carboxylic acids is 1. The molecule has 4 rings (SSSR count). The average molecular weight is 405 g/mol. The maximum absolute atomic E-state index is 11.7. The van der Waals surface area contributed by atoms with Crippen molar-refractivity contribution in [3.8, 4) is 5.75 Å². The fourth-order valence-electron chi connectivity index (χ4n) is 4.40. The van der Waals surface area contributed by atoms with Crippen molar-refractivity contribution >= 4 is 17.2 Å². The van der Waals surface area contributed by atoms with Gasteiger partial charge in [-0.1, -0.05) is 18.2 Å². The molecule has 0 aromatic heterocycles. The molecule has 2 aromatic carbocycles. The Morgan fingerprint density at radius 1 is 1.23 bits per heavy atom. The van der Waals surface area contributed by atoms with Gasteiger partial charge in [-0.2, -0.15) is 5.10 Å². The standard InChI is InChI=1S/C23H23N3O4/c1-14(12-15(2)27)25-23(17-4-8-18(9-5-17)26(28)29)20-11-7-16-6-10-19(30-3)13-21(16)22(20)24-25/h4-6,8-10,12-13,20,23H,7,11H2,1-3H3/b14-12+/t20-,23-/m1/s1. The monoisotopic (exact) mass is 405 g/mol. The molecular formula is C23H23N3O4. The van der Waals surface area contributed by atoms with Gasteiger partial charge in [0.15, 0.2) is 5.78 Å². The summed E-state index contributed by atoms with van der Waals surface area (Å²) in [7, 11) is 1.64. The molecule has 0 saturated carbocycles. The van der Waals surface area contributed by atoms with Gasteiger partial charge in [0, 0.05) is 35.4 Å². The van der Waals surface area contributed by atoms with Crippen LogP contribution in [0.15, 0.2) is 59.3 Å². The zero-order valence-electron chi connectivity index (χ0n) is 17.2. The minimum Gasteiger partial charge on any atom is -0.497 e. The molecule has 7 heteroatoms. The number of aryl methyl sites for hydroxylation is 1. The second-order valence-corrected chi connectivity index (χ2v) is 7.69. The molecule has 2 atom stereocenters. The SMILES string of the molecule is COc1ccc2c(c1)C1=NN(/C(C)=C/C(C)=O)[C@H](c3ccc([N+](=O)[O-])cc3)[C@@H]1CC2. The number of non-ortho nitro benzene ring substituents is 1. The Balaban J connectivity index is 1.81. The van der Waals surface area contributed by atoms with E-state index in [1.54, 1.807) is 25.3 Å². The molecule has 0 spiro atoms. The van der Waals surface area contributed by atoms with Crippen LogP contribution in [0.1, 0.15) is 43.0 Å². The van der Waals surface area contributed by atoms with Crippen molar-refractivity contribution in [3.05, 3.63) is 81.0 Å². The van der Waals surface area contributed by atoms with Crippen LogP contribution in [0.5, 0.6) is 5.75 Å². The van der Waals surface area contributed by atoms with E-state index >= 15 is 0 Å². The smallest absolute Gasteiger partial charge is 0.269 e. The summed E-state index contributed by atoms with van der Waals surface area (Å²) in [6, 6.07) is 12.5. The molecule has 0 bridgehead atoms. The highest BCUT2D eigenvalue weighted by Gasteiger charge is 2.42. The summed E-state index contributed by atoms with van der Waals surface area (Å²) in [6.45, 7) is 3.38. The first-order chi connectivity index (χ1) is 14.4. The Hall–Kier alpha value is -3.48. The lowest BCUT2D eigenvalue weighted by molar-refractivity contribution is -0.384. The fraction of sp³-hybridized carbons (Fsp3) is 0.304. The van der Waals surface area contributed by atoms with Gasteiger partial charge < -0.3 is 4.74 Å². The maximum atomic E-state index is 11.7. The van der Waals surface area contributed by atoms with E-state index < -0.39 is 4.92 Å². The molecule has 2 aromatic rings. The van der Waals surface area contributed by atoms with Crippen molar-refractivity contribution in [2.24, 2.45) is 11.0 Å². The number of nitro benzene ring substituents is 1. The molecule has 0 amide bonds. The van der Waals surface area contributed by atoms with Crippen molar-refractivity contribution in [1.29, 1.82) is 0 Å². The van der Waals surface area contributed by atoms with E-state index in [1.807, 2.05) is 24.1 Å². The fourth-order valence-corrected chi connectivity index (χ4v) is 4.40. The predicted molar refractivity (Wildman–Crippen MR) is 113 cm³/mol. The summed E-state index contributed by atoms with van der Waals surface area (Å²) in [4.78, 5) is 22.4. The lowest BCUT2D eigenvalue weighted by Crippen LogP contribution is -2.28. The highest BCUT2D eigenvalue weighted by Crippen LogP contribution is 2.45. The van der Waals surface area contributed by atoms with E-state index in [2.05, 4.69) is 6.07 Å². The van der Waals surface area contributed by atoms with Crippen molar-refractivity contribution in [3.63, 3.8) is 0 Å². The Morgan fingerprint density at radius 3 is 2.60 bits per heavy atom. The van der Waals surface area contributed by atoms with Gasteiger partial charge in [0.2, 0.25) is 0 Å². The number of allylic oxidation sites excluding steroid dienone is 2. The molecule has 1 aliphatic heterocycles. The van der Waals surface area contributed by atoms with Crippen LogP contribution in [0.3, 0.4) is 0 Å². The summed E-state index contributed by atoms with van der Waals surface area (Å²) in [5.41, 5.74) is 5.00. The molecule has 0 N–H and O–H groups in total. The van der Waals surface area contributed by atoms with E-state index in [9.17, 15) is 14.9 Å². The largest absolute Gasteiger partial charge is 0.497 e. The zero-order valence-corrected chi connectivity index (χ0v) is 17.2. The van der Waals surface area contributed by atoms with Gasteiger partial charge in [0.25, 0.3) is 5.69 Å². The third kappa shape index (κ3) is 3.47. The van der Waals surface area contributed by atoms with Gasteiger partial charge in [-0.05, 0) is 49.9 Å². The molecule has 2 aliphatic rings. The van der Waals surface area contributed by atoms with Gasteiger partial charge in [0.05, 0.1) is 23.8 Å². The van der Waals surface area contributed by atoms with Crippen LogP contribution in [0.25, 0.3) is 0 Å². The zero-order chi connectivity index (χ0) is 21.4. The number of rotatable bonds is 5. The summed E-state index contributed by atoms with van der Waals surface area (Å²) in [5.74, 6) is 0.840. The molecular weight excluding hydrogens is 382 g/mol. The number of carbonyl (C=O) groups is 1. The third-order valence-corrected chi connectivity index (χ3v) is 5.75. The molecule has 0 unspecified atom stereocenters. The molecule has 7 nitrogen and oxygen atoms in total. The van der Waals surface area contributed by atoms with Crippen molar-refractivity contribution in [2.75, 3.05) is 7.11 Å². The minimum atomic E-state index is -0.401. The Labute approximate surface area is 174 Å². The number of ether oxygens (including phenoxy) is 1. The Morgan fingerprint density at radius 2 is 1.97 bits per heavy atom. The highest BCUT2D eigenvalue weighted by molar-refractivity contribution is 6.06. The second-order valence-electron chi connectivity index (χ2n) is 7.69. The number of nitrogens with zero attached hydrogens (tertiary/aromatic N) is 3. The number of fused-ring (bicyclic) bond motifs is 3. The van der Waals surface area contributed by atoms with Crippen LogP contribution >= 0.6 is 0 Å². The minimum absolute atomic E-state index is 0.0490. The van der Waals surface area contributed by atoms with E-state index in [4.69, 9.17) is 9.84 Å². The number of hydrogen-bond acceptors (Lipinski definition) is 6. The molecule has 0 saturated heterocycles. The lowest BCUT2D eigenvalue weighted by atomic mass is 9.77. The number of benzene rings is 2. The number of ketones is 1. The van der Waals surface area contributed by atoms with Crippen LogP contribution in [-0.4, -0.2) is 28.5 Å². The van der Waals surface area contributed by atoms with Gasteiger partial charge in [0.1, 0.15) is 5.75 Å². The topological polar surface area (TPSA) is 85.0 Å². The predicted octanol–water partition coefficient (Wildman–Crippen LogP) is 4.42. The summed E-state index contributed by atoms with van der Waals surface area (Å²) in [6.07, 6.45) is 3.39. The lowest BCUT2D eigenvalue weighted by Gasteiger charge is -2.31. The Bertz CT molecular complexity index is 1070. The molecule has 0 radical (unpaired) electrons. The third-order valence-electron chi connectivity index (χ3n) is 5.75. The number of hydrogen-bond donors (Lipinski definition) is 0. The number of nitro groups is 1. The first-order valence-electron chi connectivity index (χ1n) is 9.87. The van der Waals surface area contributed by atoms with Gasteiger partial charge in [-0.25, -0.2) is 0 Å². The number of hydrazone groups is 1. The first kappa shape index (κ1) is 19.8. The quantitative estimate of drug-likeness (QED) is 0.418. The Kier molecular flexibility index (Phi) is 5.11. The van der Waals surface area contributed by atoms with Gasteiger partial charge in [-0.15, -0.1) is 0 Å². The van der Waals surface area contributed by atoms with Crippen LogP contribution in [-0.2, 0) is 11.2 Å². The maximum Gasteiger partial charge on any atom is 0.269 e. The molecule has 1 aliphatic carbocycles. The summed E-state index contributed by atoms with van der Waals surface area (Å²) in [5, 5.41) is 17.9. The van der Waals surface area contributed by atoms with Crippen LogP contribution in [0, 0.1) is 16.0 Å². The van der Waals surface area contributed by atoms with Crippen LogP contribution in [0.2, 0.25) is 0 Å². The molecule has 0 fully saturated rings. The molecule has 1 heterocycles. The summed E-state index contributed by atoms with van der Waals surface area (Å²) < 4.78 is 5.41. The second kappa shape index (κ2) is 7.74. The highest BCUT2D eigenvalue weighted by atomic mass is 16.6. The number of methoxy groups -OCH3 is 1. The van der Waals surface area contributed by atoms with E-state index in [0.717, 1.165) is 41.1 Å². The van der Waals surface area contributed by atoms with E-state index in [1.165, 1.54) is 24.6 Å². The normalized spacial score (nSPS) is 20.3. The van der Waals surface area contributed by atoms with Crippen molar-refractivity contribution in [2.45, 2.75) is 32.7 Å². The average Bonchev–Trinajstić information content (AvgIpc) is 3.13. The first-order valence-corrected chi connectivity index (χ1v) is 9.87. The van der Waals surface area contributed by atoms with Crippen molar-refractivity contribution in [1.82, 2.24) is 5.01 Å². The van der Waals surface area contributed by atoms with E-state index in [-0.39, 0.29) is 23.4 Å². The van der Waals surface area contributed by atoms with Crippen molar-refractivity contribution < 1.29 is 14.5 Å². The molecule has 30 heavy (non-hydrogen) atoms. The van der Waals surface area contributed by atoms with Crippen LogP contribution in [0.4, 0.5) is 5.69 Å². The van der Waals surface area contributed by atoms with Gasteiger partial charge in [-0.3, -0.25) is 19.9 Å². The van der Waals surface area contributed by atoms with E-state index in [0.29, 0.717) is 0 Å².